The molecule has 0 aliphatic rings. The first-order chi connectivity index (χ1) is 10.8. The van der Waals surface area contributed by atoms with Crippen LogP contribution >= 0.6 is 12.4 Å². The molecule has 0 saturated heterocycles. The molecule has 0 fully saturated rings. The minimum atomic E-state index is -0.221. The number of halogens is 1. The van der Waals surface area contributed by atoms with Gasteiger partial charge in [0.25, 0.3) is 0 Å². The zero-order valence-corrected chi connectivity index (χ0v) is 14.2. The molecule has 1 amide bonds. The number of hydrogen-bond acceptors (Lipinski definition) is 3. The molecule has 0 spiro atoms. The minimum Gasteiger partial charge on any atom is -0.496 e. The first-order valence-electron chi connectivity index (χ1n) is 7.38. The number of amides is 1. The van der Waals surface area contributed by atoms with Crippen LogP contribution in [0.4, 0.5) is 0 Å². The summed E-state index contributed by atoms with van der Waals surface area (Å²) in [5.41, 5.74) is 1.99. The van der Waals surface area contributed by atoms with Crippen molar-refractivity contribution in [2.45, 2.75) is 12.5 Å². The third kappa shape index (κ3) is 5.27. The van der Waals surface area contributed by atoms with Crippen LogP contribution < -0.4 is 15.4 Å². The van der Waals surface area contributed by atoms with E-state index in [2.05, 4.69) is 10.6 Å². The van der Waals surface area contributed by atoms with Gasteiger partial charge in [-0.15, -0.1) is 12.4 Å². The first-order valence-corrected chi connectivity index (χ1v) is 7.38. The Kier molecular flexibility index (Phi) is 8.16. The SMILES string of the molecule is CNCCC(=O)NC(c1ccccc1)c1ccccc1OC.Cl. The zero-order chi connectivity index (χ0) is 15.8. The maximum absolute atomic E-state index is 12.2. The Morgan fingerprint density at radius 2 is 1.74 bits per heavy atom. The smallest absolute Gasteiger partial charge is 0.222 e. The molecule has 23 heavy (non-hydrogen) atoms. The van der Waals surface area contributed by atoms with E-state index in [0.717, 1.165) is 16.9 Å². The first kappa shape index (κ1) is 19.0. The van der Waals surface area contributed by atoms with Crippen LogP contribution in [0, 0.1) is 0 Å². The fraction of sp³-hybridized carbons (Fsp3) is 0.278. The van der Waals surface area contributed by atoms with Crippen molar-refractivity contribution in [1.82, 2.24) is 10.6 Å². The fourth-order valence-electron chi connectivity index (χ4n) is 2.36. The third-order valence-electron chi connectivity index (χ3n) is 3.49. The Labute approximate surface area is 143 Å². The molecule has 4 nitrogen and oxygen atoms in total. The Hall–Kier alpha value is -2.04. The van der Waals surface area contributed by atoms with Gasteiger partial charge in [0.2, 0.25) is 5.91 Å². The summed E-state index contributed by atoms with van der Waals surface area (Å²) in [7, 11) is 3.48. The predicted molar refractivity (Wildman–Crippen MR) is 95.2 cm³/mol. The number of nitrogens with one attached hydrogen (secondary N) is 2. The van der Waals surface area contributed by atoms with Crippen molar-refractivity contribution in [3.8, 4) is 5.75 Å². The lowest BCUT2D eigenvalue weighted by Gasteiger charge is -2.22. The lowest BCUT2D eigenvalue weighted by Crippen LogP contribution is -2.31. The molecule has 1 unspecified atom stereocenters. The summed E-state index contributed by atoms with van der Waals surface area (Å²) >= 11 is 0. The number of ether oxygens (including phenoxy) is 1. The van der Waals surface area contributed by atoms with Crippen molar-refractivity contribution >= 4 is 18.3 Å². The topological polar surface area (TPSA) is 50.4 Å². The van der Waals surface area contributed by atoms with Gasteiger partial charge in [-0.2, -0.15) is 0 Å². The lowest BCUT2D eigenvalue weighted by molar-refractivity contribution is -0.121. The van der Waals surface area contributed by atoms with Crippen LogP contribution in [0.2, 0.25) is 0 Å². The second kappa shape index (κ2) is 9.87. The molecule has 0 aliphatic carbocycles. The van der Waals surface area contributed by atoms with Crippen LogP contribution in [0.15, 0.2) is 54.6 Å². The zero-order valence-electron chi connectivity index (χ0n) is 13.4. The molecule has 0 radical (unpaired) electrons. The molecule has 0 heterocycles. The highest BCUT2D eigenvalue weighted by Crippen LogP contribution is 2.29. The Bertz CT molecular complexity index is 605. The van der Waals surface area contributed by atoms with Crippen LogP contribution in [0.25, 0.3) is 0 Å². The maximum atomic E-state index is 12.2. The highest BCUT2D eigenvalue weighted by molar-refractivity contribution is 5.85. The second-order valence-corrected chi connectivity index (χ2v) is 5.01. The van der Waals surface area contributed by atoms with E-state index in [1.807, 2.05) is 61.6 Å². The van der Waals surface area contributed by atoms with Crippen molar-refractivity contribution in [1.29, 1.82) is 0 Å². The van der Waals surface area contributed by atoms with Crippen LogP contribution in [0.1, 0.15) is 23.6 Å². The molecule has 2 rings (SSSR count). The van der Waals surface area contributed by atoms with E-state index in [1.165, 1.54) is 0 Å². The van der Waals surface area contributed by atoms with Crippen molar-refractivity contribution in [3.05, 3.63) is 65.7 Å². The molecule has 2 aromatic rings. The molecule has 1 atom stereocenters. The van der Waals surface area contributed by atoms with Crippen LogP contribution in [0.3, 0.4) is 0 Å². The molecule has 0 saturated carbocycles. The summed E-state index contributed by atoms with van der Waals surface area (Å²) in [6.45, 7) is 0.652. The number of methoxy groups -OCH3 is 1. The molecule has 124 valence electrons. The van der Waals surface area contributed by atoms with E-state index in [1.54, 1.807) is 7.11 Å². The summed E-state index contributed by atoms with van der Waals surface area (Å²) in [6.07, 6.45) is 0.439. The van der Waals surface area contributed by atoms with E-state index < -0.39 is 0 Å². The summed E-state index contributed by atoms with van der Waals surface area (Å²) in [5.74, 6) is 0.777. The van der Waals surface area contributed by atoms with Gasteiger partial charge in [-0.25, -0.2) is 0 Å². The van der Waals surface area contributed by atoms with Crippen molar-refractivity contribution in [3.63, 3.8) is 0 Å². The fourth-order valence-corrected chi connectivity index (χ4v) is 2.36. The normalized spacial score (nSPS) is 11.2. The summed E-state index contributed by atoms with van der Waals surface area (Å²) < 4.78 is 5.45. The molecule has 0 bridgehead atoms. The third-order valence-corrected chi connectivity index (χ3v) is 3.49. The maximum Gasteiger partial charge on any atom is 0.222 e. The Morgan fingerprint density at radius 1 is 1.09 bits per heavy atom. The van der Waals surface area contributed by atoms with Crippen molar-refractivity contribution < 1.29 is 9.53 Å². The Morgan fingerprint density at radius 3 is 2.39 bits per heavy atom. The van der Waals surface area contributed by atoms with Gasteiger partial charge in [0, 0.05) is 18.5 Å². The molecular weight excluding hydrogens is 312 g/mol. The van der Waals surface area contributed by atoms with E-state index in [0.29, 0.717) is 13.0 Å². The van der Waals surface area contributed by atoms with Crippen LogP contribution in [0.5, 0.6) is 5.75 Å². The molecular formula is C18H23ClN2O2. The van der Waals surface area contributed by atoms with Crippen molar-refractivity contribution in [2.75, 3.05) is 20.7 Å². The predicted octanol–water partition coefficient (Wildman–Crippen LogP) is 2.93. The van der Waals surface area contributed by atoms with Crippen LogP contribution in [-0.2, 0) is 4.79 Å². The second-order valence-electron chi connectivity index (χ2n) is 5.01. The van der Waals surface area contributed by atoms with Gasteiger partial charge in [-0.1, -0.05) is 48.5 Å². The largest absolute Gasteiger partial charge is 0.496 e. The number of carbonyl (C=O) groups excluding carboxylic acids is 1. The number of hydrogen-bond donors (Lipinski definition) is 2. The average Bonchev–Trinajstić information content (AvgIpc) is 2.58. The molecule has 2 aromatic carbocycles. The van der Waals surface area contributed by atoms with E-state index >= 15 is 0 Å². The van der Waals surface area contributed by atoms with E-state index in [-0.39, 0.29) is 24.4 Å². The number of rotatable bonds is 7. The minimum absolute atomic E-state index is 0. The van der Waals surface area contributed by atoms with Gasteiger partial charge in [0.05, 0.1) is 13.2 Å². The average molecular weight is 335 g/mol. The Balaban J connectivity index is 0.00000264. The highest BCUT2D eigenvalue weighted by atomic mass is 35.5. The van der Waals surface area contributed by atoms with E-state index in [4.69, 9.17) is 4.74 Å². The van der Waals surface area contributed by atoms with Gasteiger partial charge in [-0.3, -0.25) is 4.79 Å². The monoisotopic (exact) mass is 334 g/mol. The quantitative estimate of drug-likeness (QED) is 0.818. The summed E-state index contributed by atoms with van der Waals surface area (Å²) in [5, 5.41) is 6.09. The van der Waals surface area contributed by atoms with Crippen molar-refractivity contribution in [2.24, 2.45) is 0 Å². The molecule has 0 aromatic heterocycles. The standard InChI is InChI=1S/C18H22N2O2.ClH/c1-19-13-12-17(21)20-18(14-8-4-3-5-9-14)15-10-6-7-11-16(15)22-2;/h3-11,18-19H,12-13H2,1-2H3,(H,20,21);1H. The number of carbonyl (C=O) groups is 1. The molecule has 0 aliphatic heterocycles. The van der Waals surface area contributed by atoms with Gasteiger partial charge >= 0.3 is 0 Å². The number of benzene rings is 2. The van der Waals surface area contributed by atoms with Gasteiger partial charge in [0.1, 0.15) is 5.75 Å². The molecule has 2 N–H and O–H groups in total. The highest BCUT2D eigenvalue weighted by Gasteiger charge is 2.19. The summed E-state index contributed by atoms with van der Waals surface area (Å²) in [4.78, 5) is 12.2. The lowest BCUT2D eigenvalue weighted by atomic mass is 9.97. The van der Waals surface area contributed by atoms with Crippen LogP contribution in [-0.4, -0.2) is 26.6 Å². The van der Waals surface area contributed by atoms with E-state index in [9.17, 15) is 4.79 Å². The van der Waals surface area contributed by atoms with Gasteiger partial charge in [-0.05, 0) is 18.7 Å². The van der Waals surface area contributed by atoms with Gasteiger partial charge in [0.15, 0.2) is 0 Å². The summed E-state index contributed by atoms with van der Waals surface area (Å²) in [6, 6.07) is 17.5. The number of para-hydroxylation sites is 1. The van der Waals surface area contributed by atoms with Gasteiger partial charge < -0.3 is 15.4 Å². The molecule has 5 heteroatoms.